The molecule has 0 saturated carbocycles. The summed E-state index contributed by atoms with van der Waals surface area (Å²) in [6.45, 7) is 0. The van der Waals surface area contributed by atoms with E-state index < -0.39 is 5.95 Å². The predicted molar refractivity (Wildman–Crippen MR) is 71.0 cm³/mol. The van der Waals surface area contributed by atoms with E-state index in [9.17, 15) is 4.39 Å². The zero-order valence-corrected chi connectivity index (χ0v) is 10.6. The molecule has 0 unspecified atom stereocenters. The van der Waals surface area contributed by atoms with E-state index in [-0.39, 0.29) is 0 Å². The number of methoxy groups -OCH3 is 2. The van der Waals surface area contributed by atoms with Gasteiger partial charge in [0.1, 0.15) is 11.5 Å². The molecule has 0 amide bonds. The fraction of sp³-hybridized carbons (Fsp3) is 0.143. The number of hydrogen-bond donors (Lipinski definition) is 0. The topological polar surface area (TPSA) is 43.7 Å². The molecule has 0 radical (unpaired) electrons. The number of aliphatic imine (C=N–C) groups is 1. The summed E-state index contributed by atoms with van der Waals surface area (Å²) in [4.78, 5) is 7.75. The van der Waals surface area contributed by atoms with Crippen LogP contribution in [0, 0.1) is 5.95 Å². The van der Waals surface area contributed by atoms with Crippen LogP contribution in [0.5, 0.6) is 11.5 Å². The summed E-state index contributed by atoms with van der Waals surface area (Å²) in [7, 11) is 3.14. The van der Waals surface area contributed by atoms with Crippen molar-refractivity contribution in [3.63, 3.8) is 0 Å². The second-order valence-electron chi connectivity index (χ2n) is 3.68. The molecule has 0 aliphatic heterocycles. The van der Waals surface area contributed by atoms with Gasteiger partial charge < -0.3 is 9.47 Å². The summed E-state index contributed by atoms with van der Waals surface area (Å²) >= 11 is 0. The van der Waals surface area contributed by atoms with E-state index in [1.165, 1.54) is 6.07 Å². The maximum atomic E-state index is 12.9. The highest BCUT2D eigenvalue weighted by Gasteiger charge is 2.02. The SMILES string of the molecule is COc1ccc(C=Nc2cccc(F)n2)c(OC)c1. The first-order valence-electron chi connectivity index (χ1n) is 5.61. The number of halogens is 1. The van der Waals surface area contributed by atoms with Crippen molar-refractivity contribution in [2.24, 2.45) is 4.99 Å². The Bertz CT molecular complexity index is 600. The molecule has 0 fully saturated rings. The predicted octanol–water partition coefficient (Wildman–Crippen LogP) is 2.99. The highest BCUT2D eigenvalue weighted by Crippen LogP contribution is 2.23. The summed E-state index contributed by atoms with van der Waals surface area (Å²) in [6.07, 6.45) is 1.57. The summed E-state index contributed by atoms with van der Waals surface area (Å²) < 4.78 is 23.2. The van der Waals surface area contributed by atoms with Crippen LogP contribution in [0.3, 0.4) is 0 Å². The van der Waals surface area contributed by atoms with Gasteiger partial charge in [0, 0.05) is 17.8 Å². The van der Waals surface area contributed by atoms with Crippen molar-refractivity contribution < 1.29 is 13.9 Å². The molecule has 19 heavy (non-hydrogen) atoms. The van der Waals surface area contributed by atoms with Gasteiger partial charge in [0.2, 0.25) is 5.95 Å². The molecular weight excluding hydrogens is 247 g/mol. The van der Waals surface area contributed by atoms with Crippen molar-refractivity contribution >= 4 is 12.0 Å². The zero-order valence-electron chi connectivity index (χ0n) is 10.6. The molecular formula is C14H13FN2O2. The summed E-state index contributed by atoms with van der Waals surface area (Å²) in [5.74, 6) is 1.06. The van der Waals surface area contributed by atoms with E-state index in [1.54, 1.807) is 50.8 Å². The molecule has 4 nitrogen and oxygen atoms in total. The lowest BCUT2D eigenvalue weighted by atomic mass is 10.2. The van der Waals surface area contributed by atoms with E-state index in [0.717, 1.165) is 5.56 Å². The first-order valence-corrected chi connectivity index (χ1v) is 5.61. The molecule has 0 bridgehead atoms. The van der Waals surface area contributed by atoms with Crippen LogP contribution >= 0.6 is 0 Å². The van der Waals surface area contributed by atoms with Gasteiger partial charge in [-0.1, -0.05) is 6.07 Å². The lowest BCUT2D eigenvalue weighted by molar-refractivity contribution is 0.394. The van der Waals surface area contributed by atoms with Crippen molar-refractivity contribution in [1.82, 2.24) is 4.98 Å². The van der Waals surface area contributed by atoms with Crippen LogP contribution in [-0.2, 0) is 0 Å². The van der Waals surface area contributed by atoms with Crippen LogP contribution in [0.2, 0.25) is 0 Å². The number of benzene rings is 1. The number of rotatable bonds is 4. The molecule has 0 atom stereocenters. The van der Waals surface area contributed by atoms with Crippen LogP contribution < -0.4 is 9.47 Å². The minimum absolute atomic E-state index is 0.304. The maximum Gasteiger partial charge on any atom is 0.214 e. The van der Waals surface area contributed by atoms with Crippen molar-refractivity contribution in [1.29, 1.82) is 0 Å². The standard InChI is InChI=1S/C14H13FN2O2/c1-18-11-7-6-10(12(8-11)19-2)9-16-14-5-3-4-13(15)17-14/h3-9H,1-2H3. The van der Waals surface area contributed by atoms with E-state index >= 15 is 0 Å². The highest BCUT2D eigenvalue weighted by atomic mass is 19.1. The van der Waals surface area contributed by atoms with Gasteiger partial charge in [-0.3, -0.25) is 0 Å². The number of aromatic nitrogens is 1. The van der Waals surface area contributed by atoms with Crippen LogP contribution in [0.15, 0.2) is 41.4 Å². The molecule has 0 saturated heterocycles. The van der Waals surface area contributed by atoms with Crippen LogP contribution in [0.4, 0.5) is 10.2 Å². The highest BCUT2D eigenvalue weighted by molar-refractivity contribution is 5.85. The molecule has 1 heterocycles. The molecule has 0 spiro atoms. The third kappa shape index (κ3) is 3.28. The van der Waals surface area contributed by atoms with Crippen molar-refractivity contribution in [2.75, 3.05) is 14.2 Å². The van der Waals surface area contributed by atoms with Gasteiger partial charge in [0.25, 0.3) is 0 Å². The fourth-order valence-corrected chi connectivity index (χ4v) is 1.53. The second kappa shape index (κ2) is 5.95. The monoisotopic (exact) mass is 260 g/mol. The van der Waals surface area contributed by atoms with E-state index in [0.29, 0.717) is 17.3 Å². The average molecular weight is 260 g/mol. The van der Waals surface area contributed by atoms with Crippen LogP contribution in [0.1, 0.15) is 5.56 Å². The number of nitrogens with zero attached hydrogens (tertiary/aromatic N) is 2. The maximum absolute atomic E-state index is 12.9. The molecule has 1 aromatic heterocycles. The number of ether oxygens (including phenoxy) is 2. The lowest BCUT2D eigenvalue weighted by Crippen LogP contribution is -1.92. The lowest BCUT2D eigenvalue weighted by Gasteiger charge is -2.06. The Labute approximate surface area is 110 Å². The molecule has 0 aliphatic carbocycles. The Morgan fingerprint density at radius 1 is 1.16 bits per heavy atom. The number of pyridine rings is 1. The Kier molecular flexibility index (Phi) is 4.07. The minimum Gasteiger partial charge on any atom is -0.497 e. The molecule has 0 N–H and O–H groups in total. The quantitative estimate of drug-likeness (QED) is 0.627. The smallest absolute Gasteiger partial charge is 0.214 e. The Hall–Kier alpha value is -2.43. The summed E-state index contributed by atoms with van der Waals surface area (Å²) in [6, 6.07) is 9.80. The second-order valence-corrected chi connectivity index (χ2v) is 3.68. The number of hydrogen-bond acceptors (Lipinski definition) is 4. The Morgan fingerprint density at radius 2 is 2.00 bits per heavy atom. The molecule has 2 rings (SSSR count). The van der Waals surface area contributed by atoms with E-state index in [1.807, 2.05) is 0 Å². The molecule has 5 heteroatoms. The van der Waals surface area contributed by atoms with E-state index in [2.05, 4.69) is 9.98 Å². The van der Waals surface area contributed by atoms with Gasteiger partial charge >= 0.3 is 0 Å². The van der Waals surface area contributed by atoms with Crippen molar-refractivity contribution in [3.05, 3.63) is 47.9 Å². The Balaban J connectivity index is 2.27. The normalized spacial score (nSPS) is 10.7. The fourth-order valence-electron chi connectivity index (χ4n) is 1.53. The largest absolute Gasteiger partial charge is 0.497 e. The first-order chi connectivity index (χ1) is 9.22. The van der Waals surface area contributed by atoms with Gasteiger partial charge in [-0.25, -0.2) is 9.98 Å². The molecule has 98 valence electrons. The Morgan fingerprint density at radius 3 is 2.68 bits per heavy atom. The molecule has 1 aromatic carbocycles. The van der Waals surface area contributed by atoms with E-state index in [4.69, 9.17) is 9.47 Å². The van der Waals surface area contributed by atoms with Crippen LogP contribution in [0.25, 0.3) is 0 Å². The molecule has 2 aromatic rings. The average Bonchev–Trinajstić information content (AvgIpc) is 2.45. The zero-order chi connectivity index (χ0) is 13.7. The third-order valence-corrected chi connectivity index (χ3v) is 2.48. The van der Waals surface area contributed by atoms with Gasteiger partial charge in [-0.15, -0.1) is 0 Å². The van der Waals surface area contributed by atoms with Gasteiger partial charge in [0.15, 0.2) is 5.82 Å². The van der Waals surface area contributed by atoms with Gasteiger partial charge in [-0.05, 0) is 24.3 Å². The van der Waals surface area contributed by atoms with Crippen molar-refractivity contribution in [3.8, 4) is 11.5 Å². The van der Waals surface area contributed by atoms with Gasteiger partial charge in [0.05, 0.1) is 14.2 Å². The van der Waals surface area contributed by atoms with Crippen molar-refractivity contribution in [2.45, 2.75) is 0 Å². The molecule has 0 aliphatic rings. The summed E-state index contributed by atoms with van der Waals surface area (Å²) in [5, 5.41) is 0. The summed E-state index contributed by atoms with van der Waals surface area (Å²) in [5.41, 5.74) is 0.759. The minimum atomic E-state index is -0.559. The third-order valence-electron chi connectivity index (χ3n) is 2.48. The first kappa shape index (κ1) is 13.0. The van der Waals surface area contributed by atoms with Crippen LogP contribution in [-0.4, -0.2) is 25.4 Å². The van der Waals surface area contributed by atoms with Gasteiger partial charge in [-0.2, -0.15) is 4.39 Å².